The van der Waals surface area contributed by atoms with Gasteiger partial charge in [0.25, 0.3) is 0 Å². The molecule has 3 nitrogen and oxygen atoms in total. The standard InChI is InChI=1S/C9H16O3/c1-4-7-12-9(10)8(5-2)11-6-3/h4,8H,1,5-7H2,2-3H3. The first-order valence-corrected chi connectivity index (χ1v) is 4.15. The summed E-state index contributed by atoms with van der Waals surface area (Å²) in [4.78, 5) is 11.1. The monoisotopic (exact) mass is 172 g/mol. The second-order valence-corrected chi connectivity index (χ2v) is 2.27. The molecule has 0 radical (unpaired) electrons. The molecule has 0 amide bonds. The van der Waals surface area contributed by atoms with Crippen LogP contribution in [0.25, 0.3) is 0 Å². The number of hydrogen-bond donors (Lipinski definition) is 0. The highest BCUT2D eigenvalue weighted by atomic mass is 16.6. The smallest absolute Gasteiger partial charge is 0.335 e. The van der Waals surface area contributed by atoms with E-state index in [0.29, 0.717) is 13.0 Å². The van der Waals surface area contributed by atoms with Gasteiger partial charge in [-0.1, -0.05) is 19.6 Å². The number of carbonyl (C=O) groups is 1. The molecule has 3 heteroatoms. The van der Waals surface area contributed by atoms with Gasteiger partial charge in [-0.2, -0.15) is 0 Å². The Labute approximate surface area is 73.4 Å². The Morgan fingerprint density at radius 1 is 1.58 bits per heavy atom. The Kier molecular flexibility index (Phi) is 6.38. The molecule has 0 saturated heterocycles. The van der Waals surface area contributed by atoms with Crippen LogP contribution in [-0.2, 0) is 14.3 Å². The summed E-state index contributed by atoms with van der Waals surface area (Å²) in [6.07, 6.45) is 1.76. The van der Waals surface area contributed by atoms with Gasteiger partial charge in [-0.15, -0.1) is 0 Å². The van der Waals surface area contributed by atoms with E-state index < -0.39 is 6.10 Å². The van der Waals surface area contributed by atoms with E-state index >= 15 is 0 Å². The fourth-order valence-corrected chi connectivity index (χ4v) is 0.788. The van der Waals surface area contributed by atoms with E-state index in [1.807, 2.05) is 13.8 Å². The lowest BCUT2D eigenvalue weighted by Gasteiger charge is -2.12. The van der Waals surface area contributed by atoms with Gasteiger partial charge in [0.05, 0.1) is 0 Å². The topological polar surface area (TPSA) is 35.5 Å². The van der Waals surface area contributed by atoms with Crippen LogP contribution in [0.15, 0.2) is 12.7 Å². The molecule has 0 N–H and O–H groups in total. The largest absolute Gasteiger partial charge is 0.460 e. The van der Waals surface area contributed by atoms with Gasteiger partial charge in [-0.05, 0) is 13.3 Å². The second-order valence-electron chi connectivity index (χ2n) is 2.27. The molecule has 0 spiro atoms. The van der Waals surface area contributed by atoms with Gasteiger partial charge in [0, 0.05) is 6.61 Å². The third-order valence-corrected chi connectivity index (χ3v) is 1.34. The predicted octanol–water partition coefficient (Wildman–Crippen LogP) is 1.53. The van der Waals surface area contributed by atoms with E-state index in [1.165, 1.54) is 6.08 Å². The van der Waals surface area contributed by atoms with Crippen LogP contribution in [0.4, 0.5) is 0 Å². The van der Waals surface area contributed by atoms with Crippen molar-refractivity contribution in [3.05, 3.63) is 12.7 Å². The van der Waals surface area contributed by atoms with Crippen LogP contribution in [0.5, 0.6) is 0 Å². The molecule has 0 aromatic rings. The average molecular weight is 172 g/mol. The fraction of sp³-hybridized carbons (Fsp3) is 0.667. The molecule has 0 aromatic heterocycles. The molecule has 1 atom stereocenters. The van der Waals surface area contributed by atoms with E-state index in [-0.39, 0.29) is 12.6 Å². The number of esters is 1. The summed E-state index contributed by atoms with van der Waals surface area (Å²) in [7, 11) is 0. The molecule has 0 aliphatic rings. The van der Waals surface area contributed by atoms with Crippen molar-refractivity contribution in [3.63, 3.8) is 0 Å². The first-order valence-electron chi connectivity index (χ1n) is 4.15. The number of carbonyl (C=O) groups excluding carboxylic acids is 1. The van der Waals surface area contributed by atoms with Crippen LogP contribution in [-0.4, -0.2) is 25.3 Å². The van der Waals surface area contributed by atoms with E-state index in [2.05, 4.69) is 6.58 Å². The average Bonchev–Trinajstić information content (AvgIpc) is 2.10. The summed E-state index contributed by atoms with van der Waals surface area (Å²) in [5.74, 6) is -0.306. The Morgan fingerprint density at radius 3 is 2.67 bits per heavy atom. The molecule has 0 aliphatic carbocycles. The van der Waals surface area contributed by atoms with Crippen LogP contribution in [0.1, 0.15) is 20.3 Å². The molecule has 0 saturated carbocycles. The summed E-state index contributed by atoms with van der Waals surface area (Å²) in [6, 6.07) is 0. The molecule has 0 bridgehead atoms. The Balaban J connectivity index is 3.76. The summed E-state index contributed by atoms with van der Waals surface area (Å²) in [6.45, 7) is 7.96. The number of rotatable bonds is 6. The highest BCUT2D eigenvalue weighted by Crippen LogP contribution is 2.00. The first kappa shape index (κ1) is 11.2. The summed E-state index contributed by atoms with van der Waals surface area (Å²) in [5.41, 5.74) is 0. The summed E-state index contributed by atoms with van der Waals surface area (Å²) < 4.78 is 9.96. The summed E-state index contributed by atoms with van der Waals surface area (Å²) in [5, 5.41) is 0. The molecule has 1 unspecified atom stereocenters. The maximum Gasteiger partial charge on any atom is 0.335 e. The lowest BCUT2D eigenvalue weighted by atomic mass is 10.3. The lowest BCUT2D eigenvalue weighted by molar-refractivity contribution is -0.155. The van der Waals surface area contributed by atoms with Crippen LogP contribution >= 0.6 is 0 Å². The van der Waals surface area contributed by atoms with E-state index in [1.54, 1.807) is 0 Å². The molecule has 12 heavy (non-hydrogen) atoms. The highest BCUT2D eigenvalue weighted by molar-refractivity contribution is 5.74. The minimum absolute atomic E-state index is 0.252. The van der Waals surface area contributed by atoms with Crippen LogP contribution in [0, 0.1) is 0 Å². The minimum atomic E-state index is -0.421. The number of ether oxygens (including phenoxy) is 2. The Morgan fingerprint density at radius 2 is 2.25 bits per heavy atom. The molecule has 0 fully saturated rings. The first-order chi connectivity index (χ1) is 5.76. The van der Waals surface area contributed by atoms with Gasteiger partial charge in [-0.3, -0.25) is 0 Å². The fourth-order valence-electron chi connectivity index (χ4n) is 0.788. The maximum atomic E-state index is 11.1. The van der Waals surface area contributed by atoms with Crippen LogP contribution in [0.3, 0.4) is 0 Å². The maximum absolute atomic E-state index is 11.1. The van der Waals surface area contributed by atoms with E-state index in [4.69, 9.17) is 9.47 Å². The second kappa shape index (κ2) is 6.85. The van der Waals surface area contributed by atoms with Gasteiger partial charge < -0.3 is 9.47 Å². The molecule has 70 valence electrons. The van der Waals surface area contributed by atoms with Gasteiger partial charge in [0.15, 0.2) is 6.10 Å². The molecular weight excluding hydrogens is 156 g/mol. The zero-order valence-electron chi connectivity index (χ0n) is 7.71. The van der Waals surface area contributed by atoms with Crippen molar-refractivity contribution in [3.8, 4) is 0 Å². The zero-order valence-corrected chi connectivity index (χ0v) is 7.71. The predicted molar refractivity (Wildman–Crippen MR) is 46.9 cm³/mol. The molecule has 0 aromatic carbocycles. The van der Waals surface area contributed by atoms with E-state index in [9.17, 15) is 4.79 Å². The van der Waals surface area contributed by atoms with E-state index in [0.717, 1.165) is 0 Å². The van der Waals surface area contributed by atoms with Gasteiger partial charge in [0.1, 0.15) is 6.61 Å². The molecule has 0 aliphatic heterocycles. The number of hydrogen-bond acceptors (Lipinski definition) is 3. The molecular formula is C9H16O3. The van der Waals surface area contributed by atoms with Crippen molar-refractivity contribution in [1.29, 1.82) is 0 Å². The highest BCUT2D eigenvalue weighted by Gasteiger charge is 2.16. The van der Waals surface area contributed by atoms with Crippen molar-refractivity contribution in [2.45, 2.75) is 26.4 Å². The third kappa shape index (κ3) is 4.13. The quantitative estimate of drug-likeness (QED) is 0.450. The van der Waals surface area contributed by atoms with Crippen molar-refractivity contribution >= 4 is 5.97 Å². The van der Waals surface area contributed by atoms with Crippen molar-refractivity contribution < 1.29 is 14.3 Å². The zero-order chi connectivity index (χ0) is 9.40. The normalized spacial score (nSPS) is 12.2. The summed E-state index contributed by atoms with van der Waals surface area (Å²) >= 11 is 0. The van der Waals surface area contributed by atoms with Crippen LogP contribution in [0.2, 0.25) is 0 Å². The molecule has 0 rings (SSSR count). The van der Waals surface area contributed by atoms with Crippen molar-refractivity contribution in [1.82, 2.24) is 0 Å². The Bertz CT molecular complexity index is 143. The third-order valence-electron chi connectivity index (χ3n) is 1.34. The van der Waals surface area contributed by atoms with Crippen molar-refractivity contribution in [2.75, 3.05) is 13.2 Å². The molecule has 0 heterocycles. The SMILES string of the molecule is C=CCOC(=O)C(CC)OCC. The van der Waals surface area contributed by atoms with Crippen molar-refractivity contribution in [2.24, 2.45) is 0 Å². The van der Waals surface area contributed by atoms with Gasteiger partial charge >= 0.3 is 5.97 Å². The minimum Gasteiger partial charge on any atom is -0.460 e. The lowest BCUT2D eigenvalue weighted by Crippen LogP contribution is -2.25. The Hall–Kier alpha value is -0.830. The van der Waals surface area contributed by atoms with Gasteiger partial charge in [0.2, 0.25) is 0 Å². The van der Waals surface area contributed by atoms with Gasteiger partial charge in [-0.25, -0.2) is 4.79 Å². The van der Waals surface area contributed by atoms with Crippen LogP contribution < -0.4 is 0 Å².